The van der Waals surface area contributed by atoms with Gasteiger partial charge in [0.1, 0.15) is 6.54 Å². The molecule has 1 heterocycles. The van der Waals surface area contributed by atoms with Crippen molar-refractivity contribution in [1.29, 1.82) is 0 Å². The molecule has 6 heteroatoms. The molecule has 0 bridgehead atoms. The molecule has 0 atom stereocenters. The first-order valence-electron chi connectivity index (χ1n) is 6.90. The van der Waals surface area contributed by atoms with Gasteiger partial charge in [-0.05, 0) is 24.6 Å². The van der Waals surface area contributed by atoms with Gasteiger partial charge in [-0.2, -0.15) is 0 Å². The van der Waals surface area contributed by atoms with Crippen molar-refractivity contribution in [3.05, 3.63) is 59.7 Å². The normalized spacial score (nSPS) is 14.4. The molecule has 2 aromatic carbocycles. The second-order valence-corrected chi connectivity index (χ2v) is 7.21. The molecule has 22 heavy (non-hydrogen) atoms. The molecule has 0 fully saturated rings. The van der Waals surface area contributed by atoms with Crippen molar-refractivity contribution in [2.45, 2.75) is 12.7 Å². The number of fused-ring (bicyclic) bond motifs is 1. The number of nitrogens with one attached hydrogen (secondary N) is 1. The van der Waals surface area contributed by atoms with Gasteiger partial charge in [0.2, 0.25) is 15.9 Å². The fourth-order valence-electron chi connectivity index (χ4n) is 2.42. The van der Waals surface area contributed by atoms with Crippen LogP contribution in [0.5, 0.6) is 0 Å². The number of carbonyl (C=O) groups excluding carboxylic acids is 1. The summed E-state index contributed by atoms with van der Waals surface area (Å²) in [6.45, 7) is 1.76. The summed E-state index contributed by atoms with van der Waals surface area (Å²) in [5.41, 5.74) is 2.80. The molecule has 1 aliphatic heterocycles. The number of para-hydroxylation sites is 2. The Kier molecular flexibility index (Phi) is 3.62. The van der Waals surface area contributed by atoms with Crippen molar-refractivity contribution in [3.8, 4) is 0 Å². The molecule has 1 amide bonds. The Bertz CT molecular complexity index is 814. The maximum atomic E-state index is 12.7. The largest absolute Gasteiger partial charge is 0.323 e. The third-order valence-electron chi connectivity index (χ3n) is 3.54. The summed E-state index contributed by atoms with van der Waals surface area (Å²) < 4.78 is 26.6. The minimum absolute atomic E-state index is 0.130. The average molecular weight is 316 g/mol. The number of sulfonamides is 1. The number of hydrogen-bond acceptors (Lipinski definition) is 3. The van der Waals surface area contributed by atoms with Crippen LogP contribution in [-0.2, 0) is 20.6 Å². The first-order valence-corrected chi connectivity index (χ1v) is 8.51. The van der Waals surface area contributed by atoms with E-state index in [2.05, 4.69) is 5.32 Å². The highest BCUT2D eigenvalue weighted by molar-refractivity contribution is 7.92. The van der Waals surface area contributed by atoms with E-state index in [0.717, 1.165) is 5.56 Å². The van der Waals surface area contributed by atoms with Crippen molar-refractivity contribution < 1.29 is 13.2 Å². The number of amides is 1. The maximum Gasteiger partial charge on any atom is 0.245 e. The van der Waals surface area contributed by atoms with E-state index >= 15 is 0 Å². The second-order valence-electron chi connectivity index (χ2n) is 5.31. The van der Waals surface area contributed by atoms with Crippen LogP contribution in [0.2, 0.25) is 0 Å². The minimum atomic E-state index is -3.62. The highest BCUT2D eigenvalue weighted by Gasteiger charge is 2.30. The molecule has 0 aliphatic carbocycles. The Labute approximate surface area is 129 Å². The lowest BCUT2D eigenvalue weighted by atomic mass is 10.2. The van der Waals surface area contributed by atoms with Crippen LogP contribution in [-0.4, -0.2) is 20.9 Å². The standard InChI is InChI=1S/C16H16N2O3S/c1-12-6-8-13(9-7-12)11-22(20,21)18-10-16(19)17-14-4-2-3-5-15(14)18/h2-9H,10-11H2,1H3,(H,17,19). The van der Waals surface area contributed by atoms with Gasteiger partial charge in [-0.1, -0.05) is 42.0 Å². The molecular weight excluding hydrogens is 300 g/mol. The number of benzene rings is 2. The Hall–Kier alpha value is -2.34. The highest BCUT2D eigenvalue weighted by Crippen LogP contribution is 2.31. The van der Waals surface area contributed by atoms with E-state index in [0.29, 0.717) is 16.9 Å². The molecular formula is C16H16N2O3S. The zero-order valence-corrected chi connectivity index (χ0v) is 12.9. The lowest BCUT2D eigenvalue weighted by molar-refractivity contribution is -0.115. The molecule has 1 N–H and O–H groups in total. The van der Waals surface area contributed by atoms with Gasteiger partial charge >= 0.3 is 0 Å². The SMILES string of the molecule is Cc1ccc(CS(=O)(=O)N2CC(=O)Nc3ccccc32)cc1. The fraction of sp³-hybridized carbons (Fsp3) is 0.188. The number of nitrogens with zero attached hydrogens (tertiary/aromatic N) is 1. The second kappa shape index (κ2) is 5.46. The molecule has 114 valence electrons. The van der Waals surface area contributed by atoms with Crippen molar-refractivity contribution in [2.75, 3.05) is 16.2 Å². The van der Waals surface area contributed by atoms with Crippen LogP contribution in [0, 0.1) is 6.92 Å². The van der Waals surface area contributed by atoms with Crippen molar-refractivity contribution in [3.63, 3.8) is 0 Å². The lowest BCUT2D eigenvalue weighted by Crippen LogP contribution is -2.42. The molecule has 3 rings (SSSR count). The van der Waals surface area contributed by atoms with E-state index in [4.69, 9.17) is 0 Å². The zero-order valence-electron chi connectivity index (χ0n) is 12.1. The molecule has 0 spiro atoms. The predicted molar refractivity (Wildman–Crippen MR) is 86.2 cm³/mol. The number of aryl methyl sites for hydroxylation is 1. The third kappa shape index (κ3) is 2.82. The van der Waals surface area contributed by atoms with Crippen LogP contribution in [0.3, 0.4) is 0 Å². The Morgan fingerprint density at radius 3 is 2.50 bits per heavy atom. The van der Waals surface area contributed by atoms with Crippen LogP contribution in [0.4, 0.5) is 11.4 Å². The first kappa shape index (κ1) is 14.6. The smallest absolute Gasteiger partial charge is 0.245 e. The predicted octanol–water partition coefficient (Wildman–Crippen LogP) is 2.28. The van der Waals surface area contributed by atoms with Crippen LogP contribution in [0.25, 0.3) is 0 Å². The van der Waals surface area contributed by atoms with E-state index in [9.17, 15) is 13.2 Å². The first-order chi connectivity index (χ1) is 10.5. The summed E-state index contributed by atoms with van der Waals surface area (Å²) in [5, 5.41) is 2.69. The summed E-state index contributed by atoms with van der Waals surface area (Å²) in [6, 6.07) is 14.2. The molecule has 2 aromatic rings. The Morgan fingerprint density at radius 1 is 1.09 bits per heavy atom. The van der Waals surface area contributed by atoms with E-state index in [-0.39, 0.29) is 18.2 Å². The fourth-order valence-corrected chi connectivity index (χ4v) is 3.97. The highest BCUT2D eigenvalue weighted by atomic mass is 32.2. The van der Waals surface area contributed by atoms with Gasteiger partial charge in [0.05, 0.1) is 17.1 Å². The van der Waals surface area contributed by atoms with Crippen LogP contribution in [0.1, 0.15) is 11.1 Å². The number of anilines is 2. The van der Waals surface area contributed by atoms with Gasteiger partial charge in [-0.15, -0.1) is 0 Å². The van der Waals surface area contributed by atoms with Crippen LogP contribution < -0.4 is 9.62 Å². The van der Waals surface area contributed by atoms with Gasteiger partial charge in [-0.25, -0.2) is 8.42 Å². The van der Waals surface area contributed by atoms with Crippen LogP contribution >= 0.6 is 0 Å². The zero-order chi connectivity index (χ0) is 15.7. The van der Waals surface area contributed by atoms with Crippen molar-refractivity contribution in [1.82, 2.24) is 0 Å². The van der Waals surface area contributed by atoms with Crippen LogP contribution in [0.15, 0.2) is 48.5 Å². The monoisotopic (exact) mass is 316 g/mol. The van der Waals surface area contributed by atoms with E-state index < -0.39 is 10.0 Å². The minimum Gasteiger partial charge on any atom is -0.323 e. The van der Waals surface area contributed by atoms with E-state index in [1.54, 1.807) is 36.4 Å². The van der Waals surface area contributed by atoms with Crippen molar-refractivity contribution >= 4 is 27.3 Å². The van der Waals surface area contributed by atoms with Gasteiger partial charge < -0.3 is 5.32 Å². The number of rotatable bonds is 3. The lowest BCUT2D eigenvalue weighted by Gasteiger charge is -2.30. The molecule has 0 saturated heterocycles. The quantitative estimate of drug-likeness (QED) is 0.944. The van der Waals surface area contributed by atoms with E-state index in [1.807, 2.05) is 19.1 Å². The molecule has 0 radical (unpaired) electrons. The molecule has 0 aromatic heterocycles. The summed E-state index contributed by atoms with van der Waals surface area (Å²) >= 11 is 0. The van der Waals surface area contributed by atoms with Gasteiger partial charge in [0, 0.05) is 0 Å². The van der Waals surface area contributed by atoms with Crippen molar-refractivity contribution in [2.24, 2.45) is 0 Å². The number of hydrogen-bond donors (Lipinski definition) is 1. The van der Waals surface area contributed by atoms with Gasteiger partial charge in [-0.3, -0.25) is 9.10 Å². The molecule has 5 nitrogen and oxygen atoms in total. The summed E-state index contributed by atoms with van der Waals surface area (Å²) in [6.07, 6.45) is 0. The average Bonchev–Trinajstić information content (AvgIpc) is 2.48. The molecule has 0 saturated carbocycles. The van der Waals surface area contributed by atoms with Gasteiger partial charge in [0.25, 0.3) is 0 Å². The summed E-state index contributed by atoms with van der Waals surface area (Å²) in [7, 11) is -3.62. The van der Waals surface area contributed by atoms with Gasteiger partial charge in [0.15, 0.2) is 0 Å². The maximum absolute atomic E-state index is 12.7. The summed E-state index contributed by atoms with van der Waals surface area (Å²) in [4.78, 5) is 11.8. The van der Waals surface area contributed by atoms with E-state index in [1.165, 1.54) is 4.31 Å². The Balaban J connectivity index is 1.95. The molecule has 0 unspecified atom stereocenters. The number of carbonyl (C=O) groups is 1. The summed E-state index contributed by atoms with van der Waals surface area (Å²) in [5.74, 6) is -0.458. The Morgan fingerprint density at radius 2 is 1.77 bits per heavy atom. The third-order valence-corrected chi connectivity index (χ3v) is 5.23. The topological polar surface area (TPSA) is 66.5 Å². The molecule has 1 aliphatic rings.